The fourth-order valence-electron chi connectivity index (χ4n) is 7.00. The SMILES string of the molecule is C=CC1CC2CC3(COB([C@@H]4CC4(C)c4ccc(OC)c5c4OC(C)(C)OC5=O)O3)C12C. The Hall–Kier alpha value is -1.99. The average molecular weight is 438 g/mol. The molecule has 0 aromatic heterocycles. The fraction of sp³-hybridized carbons (Fsp3) is 0.640. The first-order valence-electron chi connectivity index (χ1n) is 11.6. The van der Waals surface area contributed by atoms with Crippen molar-refractivity contribution in [1.82, 2.24) is 0 Å². The van der Waals surface area contributed by atoms with Crippen LogP contribution in [-0.2, 0) is 19.5 Å². The predicted molar refractivity (Wildman–Crippen MR) is 119 cm³/mol. The zero-order chi connectivity index (χ0) is 22.7. The predicted octanol–water partition coefficient (Wildman–Crippen LogP) is 4.52. The lowest BCUT2D eigenvalue weighted by Crippen LogP contribution is -2.73. The van der Waals surface area contributed by atoms with Gasteiger partial charge >= 0.3 is 13.1 Å². The van der Waals surface area contributed by atoms with Gasteiger partial charge in [0.05, 0.1) is 19.3 Å². The topological polar surface area (TPSA) is 63.2 Å². The molecule has 6 rings (SSSR count). The maximum absolute atomic E-state index is 12.8. The lowest BCUT2D eigenvalue weighted by atomic mass is 9.36. The van der Waals surface area contributed by atoms with Crippen LogP contribution in [0.25, 0.3) is 0 Å². The van der Waals surface area contributed by atoms with E-state index >= 15 is 0 Å². The quantitative estimate of drug-likeness (QED) is 0.392. The summed E-state index contributed by atoms with van der Waals surface area (Å²) in [6, 6.07) is 3.84. The van der Waals surface area contributed by atoms with Crippen molar-refractivity contribution in [2.24, 2.45) is 17.3 Å². The Morgan fingerprint density at radius 3 is 2.66 bits per heavy atom. The Kier molecular flexibility index (Phi) is 3.94. The third kappa shape index (κ3) is 2.36. The fourth-order valence-corrected chi connectivity index (χ4v) is 7.00. The van der Waals surface area contributed by atoms with Crippen LogP contribution in [0.2, 0.25) is 5.82 Å². The van der Waals surface area contributed by atoms with Gasteiger partial charge in [-0.2, -0.15) is 0 Å². The van der Waals surface area contributed by atoms with E-state index in [0.29, 0.717) is 35.5 Å². The molecule has 6 atom stereocenters. The lowest BCUT2D eigenvalue weighted by molar-refractivity contribution is -0.260. The van der Waals surface area contributed by atoms with E-state index < -0.39 is 11.8 Å². The molecule has 0 radical (unpaired) electrons. The van der Waals surface area contributed by atoms with Crippen molar-refractivity contribution in [2.75, 3.05) is 13.7 Å². The first-order valence-corrected chi connectivity index (χ1v) is 11.6. The molecule has 1 aromatic rings. The Morgan fingerprint density at radius 1 is 1.19 bits per heavy atom. The number of rotatable bonds is 4. The number of carbonyl (C=O) groups excluding carboxylic acids is 1. The van der Waals surface area contributed by atoms with Crippen molar-refractivity contribution in [3.63, 3.8) is 0 Å². The van der Waals surface area contributed by atoms with Crippen molar-refractivity contribution >= 4 is 13.1 Å². The van der Waals surface area contributed by atoms with Crippen LogP contribution >= 0.6 is 0 Å². The molecule has 6 nitrogen and oxygen atoms in total. The van der Waals surface area contributed by atoms with E-state index in [9.17, 15) is 4.79 Å². The van der Waals surface area contributed by atoms with E-state index in [4.69, 9.17) is 23.5 Å². The molecule has 32 heavy (non-hydrogen) atoms. The van der Waals surface area contributed by atoms with Crippen LogP contribution in [0, 0.1) is 17.3 Å². The van der Waals surface area contributed by atoms with Gasteiger partial charge in [-0.15, -0.1) is 6.58 Å². The van der Waals surface area contributed by atoms with Crippen molar-refractivity contribution in [3.05, 3.63) is 35.9 Å². The highest BCUT2D eigenvalue weighted by molar-refractivity contribution is 6.49. The molecule has 5 aliphatic rings. The summed E-state index contributed by atoms with van der Waals surface area (Å²) in [5.74, 6) is 0.996. The van der Waals surface area contributed by atoms with Crippen LogP contribution in [0.15, 0.2) is 24.8 Å². The van der Waals surface area contributed by atoms with E-state index in [-0.39, 0.29) is 29.4 Å². The lowest BCUT2D eigenvalue weighted by Gasteiger charge is -2.71. The summed E-state index contributed by atoms with van der Waals surface area (Å²) >= 11 is 0. The monoisotopic (exact) mass is 438 g/mol. The third-order valence-corrected chi connectivity index (χ3v) is 9.30. The maximum Gasteiger partial charge on any atom is 0.461 e. The van der Waals surface area contributed by atoms with Gasteiger partial charge < -0.3 is 23.5 Å². The smallest absolute Gasteiger partial charge is 0.461 e. The van der Waals surface area contributed by atoms with Crippen molar-refractivity contribution in [3.8, 4) is 11.5 Å². The van der Waals surface area contributed by atoms with Crippen LogP contribution in [0.3, 0.4) is 0 Å². The Balaban J connectivity index is 1.29. The molecule has 170 valence electrons. The number of carbonyl (C=O) groups is 1. The number of benzene rings is 1. The van der Waals surface area contributed by atoms with Gasteiger partial charge in [-0.1, -0.05) is 26.0 Å². The number of fused-ring (bicyclic) bond motifs is 3. The number of methoxy groups -OCH3 is 1. The Labute approximate surface area is 189 Å². The largest absolute Gasteiger partial charge is 0.496 e. The molecule has 0 amide bonds. The van der Waals surface area contributed by atoms with Gasteiger partial charge in [-0.05, 0) is 42.6 Å². The van der Waals surface area contributed by atoms with Crippen LogP contribution in [-0.4, -0.2) is 38.2 Å². The van der Waals surface area contributed by atoms with Gasteiger partial charge in [0.2, 0.25) is 5.79 Å². The van der Waals surface area contributed by atoms with E-state index in [0.717, 1.165) is 18.4 Å². The van der Waals surface area contributed by atoms with E-state index in [1.54, 1.807) is 21.0 Å². The molecule has 2 heterocycles. The summed E-state index contributed by atoms with van der Waals surface area (Å²) in [6.45, 7) is 12.7. The molecular formula is C25H31BO6. The standard InChI is InChI=1S/C25H31BO6/c1-7-14-10-15-11-25(24(14,15)5)13-29-26(32-25)18-12-23(18,4)16-8-9-17(28-6)19-20(16)30-22(2,3)31-21(19)27/h7-9,14-15,18H,1,10-13H2,2-6H3/t14?,15?,18-,23?,24?,25?/m1/s1. The molecular weight excluding hydrogens is 407 g/mol. The highest BCUT2D eigenvalue weighted by atomic mass is 16.7. The minimum absolute atomic E-state index is 0.144. The summed E-state index contributed by atoms with van der Waals surface area (Å²) in [5.41, 5.74) is 1.09. The normalized spacial score (nSPS) is 42.7. The molecule has 2 aliphatic heterocycles. The summed E-state index contributed by atoms with van der Waals surface area (Å²) < 4.78 is 30.1. The van der Waals surface area contributed by atoms with Crippen molar-refractivity contribution in [1.29, 1.82) is 0 Å². The zero-order valence-corrected chi connectivity index (χ0v) is 19.5. The number of allylic oxidation sites excluding steroid dienone is 1. The molecule has 1 saturated heterocycles. The average Bonchev–Trinajstić information content (AvgIpc) is 3.23. The van der Waals surface area contributed by atoms with Gasteiger partial charge in [0.25, 0.3) is 0 Å². The summed E-state index contributed by atoms with van der Waals surface area (Å²) in [4.78, 5) is 12.8. The van der Waals surface area contributed by atoms with E-state index in [2.05, 4.69) is 26.5 Å². The van der Waals surface area contributed by atoms with Gasteiger partial charge in [0.15, 0.2) is 0 Å². The zero-order valence-electron chi connectivity index (χ0n) is 19.5. The van der Waals surface area contributed by atoms with Crippen LogP contribution in [0.1, 0.15) is 62.9 Å². The van der Waals surface area contributed by atoms with E-state index in [1.807, 2.05) is 12.1 Å². The second-order valence-corrected chi connectivity index (χ2v) is 11.2. The van der Waals surface area contributed by atoms with Crippen LogP contribution in [0.4, 0.5) is 0 Å². The number of ether oxygens (including phenoxy) is 3. The first-order chi connectivity index (χ1) is 15.1. The molecule has 3 saturated carbocycles. The molecule has 7 heteroatoms. The van der Waals surface area contributed by atoms with Crippen LogP contribution < -0.4 is 9.47 Å². The number of hydrogen-bond acceptors (Lipinski definition) is 6. The number of esters is 1. The van der Waals surface area contributed by atoms with Gasteiger partial charge in [-0.3, -0.25) is 0 Å². The second kappa shape index (κ2) is 6.12. The van der Waals surface area contributed by atoms with Crippen molar-refractivity contribution < 1.29 is 28.3 Å². The third-order valence-electron chi connectivity index (χ3n) is 9.30. The molecule has 4 fully saturated rings. The highest BCUT2D eigenvalue weighted by Gasteiger charge is 2.76. The molecule has 0 bridgehead atoms. The number of hydrogen-bond donors (Lipinski definition) is 0. The molecule has 1 spiro atoms. The molecule has 5 unspecified atom stereocenters. The van der Waals surface area contributed by atoms with Crippen LogP contribution in [0.5, 0.6) is 11.5 Å². The minimum atomic E-state index is -1.03. The summed E-state index contributed by atoms with van der Waals surface area (Å²) in [5, 5.41) is 0. The van der Waals surface area contributed by atoms with Gasteiger partial charge in [0, 0.05) is 30.6 Å². The summed E-state index contributed by atoms with van der Waals surface area (Å²) in [6.07, 6.45) is 5.31. The van der Waals surface area contributed by atoms with Gasteiger partial charge in [0.1, 0.15) is 17.1 Å². The molecule has 0 N–H and O–H groups in total. The van der Waals surface area contributed by atoms with Crippen molar-refractivity contribution in [2.45, 2.75) is 69.6 Å². The van der Waals surface area contributed by atoms with Gasteiger partial charge in [-0.25, -0.2) is 4.79 Å². The second-order valence-electron chi connectivity index (χ2n) is 11.2. The molecule has 1 aromatic carbocycles. The first kappa shape index (κ1) is 20.6. The van der Waals surface area contributed by atoms with E-state index in [1.165, 1.54) is 6.42 Å². The maximum atomic E-state index is 12.8. The molecule has 3 aliphatic carbocycles. The number of cyclic esters (lactones) is 1. The minimum Gasteiger partial charge on any atom is -0.496 e. The Morgan fingerprint density at radius 2 is 1.97 bits per heavy atom. The summed E-state index contributed by atoms with van der Waals surface area (Å²) in [7, 11) is 1.30. The Bertz CT molecular complexity index is 1040. The highest BCUT2D eigenvalue weighted by Crippen LogP contribution is 2.74.